The second kappa shape index (κ2) is 8.01. The standard InChI is InChI=1S/C22H16ClFN2O3S/c1-12-18(21(28)29-2)19(14-8-4-5-9-15(14)23)26-20(27)17(30-22(26)25-12)11-13-7-3-6-10-16(13)24/h3-11,19H,1-2H3/t19-/m0/s1. The van der Waals surface area contributed by atoms with Gasteiger partial charge in [0.15, 0.2) is 4.80 Å². The zero-order valence-electron chi connectivity index (χ0n) is 16.1. The highest BCUT2D eigenvalue weighted by molar-refractivity contribution is 7.07. The van der Waals surface area contributed by atoms with Gasteiger partial charge in [0, 0.05) is 10.6 Å². The van der Waals surface area contributed by atoms with E-state index in [1.807, 2.05) is 0 Å². The fourth-order valence-electron chi connectivity index (χ4n) is 3.42. The highest BCUT2D eigenvalue weighted by atomic mass is 35.5. The van der Waals surface area contributed by atoms with Crippen molar-refractivity contribution in [2.24, 2.45) is 4.99 Å². The molecular formula is C22H16ClFN2O3S. The van der Waals surface area contributed by atoms with Crippen molar-refractivity contribution in [2.75, 3.05) is 7.11 Å². The monoisotopic (exact) mass is 442 g/mol. The topological polar surface area (TPSA) is 60.7 Å². The normalized spacial score (nSPS) is 16.3. The number of carbonyl (C=O) groups is 1. The third-order valence-electron chi connectivity index (χ3n) is 4.82. The van der Waals surface area contributed by atoms with Crippen LogP contribution in [0.2, 0.25) is 5.02 Å². The Morgan fingerprint density at radius 3 is 2.63 bits per heavy atom. The van der Waals surface area contributed by atoms with E-state index in [1.54, 1.807) is 49.4 Å². The molecule has 1 aromatic heterocycles. The molecule has 3 aromatic rings. The van der Waals surface area contributed by atoms with Gasteiger partial charge in [0.2, 0.25) is 0 Å². The molecule has 30 heavy (non-hydrogen) atoms. The van der Waals surface area contributed by atoms with Crippen molar-refractivity contribution in [3.05, 3.63) is 101 Å². The predicted octanol–water partition coefficient (Wildman–Crippen LogP) is 3.20. The Morgan fingerprint density at radius 2 is 1.93 bits per heavy atom. The van der Waals surface area contributed by atoms with Crippen LogP contribution >= 0.6 is 22.9 Å². The molecule has 2 aromatic carbocycles. The van der Waals surface area contributed by atoms with Gasteiger partial charge in [-0.1, -0.05) is 59.3 Å². The average molecular weight is 443 g/mol. The zero-order valence-corrected chi connectivity index (χ0v) is 17.6. The molecule has 2 heterocycles. The Bertz CT molecular complexity index is 1370. The molecule has 0 amide bonds. The van der Waals surface area contributed by atoms with E-state index in [0.29, 0.717) is 31.2 Å². The highest BCUT2D eigenvalue weighted by Crippen LogP contribution is 2.34. The van der Waals surface area contributed by atoms with E-state index >= 15 is 0 Å². The molecule has 0 bridgehead atoms. The van der Waals surface area contributed by atoms with Crippen LogP contribution in [0, 0.1) is 5.82 Å². The summed E-state index contributed by atoms with van der Waals surface area (Å²) in [6, 6.07) is 12.4. The number of allylic oxidation sites excluding steroid dienone is 1. The van der Waals surface area contributed by atoms with Gasteiger partial charge >= 0.3 is 5.97 Å². The molecule has 8 heteroatoms. The van der Waals surface area contributed by atoms with Crippen molar-refractivity contribution in [3.63, 3.8) is 0 Å². The number of benzene rings is 2. The number of hydrogen-bond acceptors (Lipinski definition) is 5. The van der Waals surface area contributed by atoms with Crippen LogP contribution < -0.4 is 14.9 Å². The van der Waals surface area contributed by atoms with E-state index < -0.39 is 17.8 Å². The van der Waals surface area contributed by atoms with Gasteiger partial charge in [-0.3, -0.25) is 9.36 Å². The minimum Gasteiger partial charge on any atom is -0.466 e. The molecule has 0 saturated carbocycles. The van der Waals surface area contributed by atoms with Gasteiger partial charge in [-0.15, -0.1) is 0 Å². The fourth-order valence-corrected chi connectivity index (χ4v) is 4.69. The van der Waals surface area contributed by atoms with Crippen LogP contribution in [0.25, 0.3) is 6.08 Å². The van der Waals surface area contributed by atoms with Crippen molar-refractivity contribution in [1.29, 1.82) is 0 Å². The lowest BCUT2D eigenvalue weighted by Gasteiger charge is -2.25. The number of hydrogen-bond donors (Lipinski definition) is 0. The van der Waals surface area contributed by atoms with Crippen LogP contribution in [-0.4, -0.2) is 17.6 Å². The Kier molecular flexibility index (Phi) is 5.40. The number of fused-ring (bicyclic) bond motifs is 1. The first-order valence-electron chi connectivity index (χ1n) is 9.02. The van der Waals surface area contributed by atoms with Gasteiger partial charge in [-0.25, -0.2) is 14.2 Å². The van der Waals surface area contributed by atoms with E-state index in [1.165, 1.54) is 23.8 Å². The summed E-state index contributed by atoms with van der Waals surface area (Å²) in [5.74, 6) is -1.03. The summed E-state index contributed by atoms with van der Waals surface area (Å²) in [6.07, 6.45) is 1.49. The van der Waals surface area contributed by atoms with E-state index in [0.717, 1.165) is 11.3 Å². The maximum Gasteiger partial charge on any atom is 0.338 e. The molecule has 4 rings (SSSR count). The molecule has 152 valence electrons. The second-order valence-electron chi connectivity index (χ2n) is 6.62. The van der Waals surface area contributed by atoms with Gasteiger partial charge in [0.05, 0.1) is 22.9 Å². The van der Waals surface area contributed by atoms with Gasteiger partial charge in [0.25, 0.3) is 5.56 Å². The predicted molar refractivity (Wildman–Crippen MR) is 114 cm³/mol. The number of ether oxygens (including phenoxy) is 1. The molecule has 1 atom stereocenters. The molecule has 0 spiro atoms. The average Bonchev–Trinajstić information content (AvgIpc) is 3.03. The summed E-state index contributed by atoms with van der Waals surface area (Å²) >= 11 is 7.55. The number of carbonyl (C=O) groups excluding carboxylic acids is 1. The molecule has 0 saturated heterocycles. The Balaban J connectivity index is 2.03. The maximum atomic E-state index is 14.1. The van der Waals surface area contributed by atoms with Crippen LogP contribution in [0.5, 0.6) is 0 Å². The quantitative estimate of drug-likeness (QED) is 0.585. The number of rotatable bonds is 3. The van der Waals surface area contributed by atoms with Crippen molar-refractivity contribution in [1.82, 2.24) is 4.57 Å². The highest BCUT2D eigenvalue weighted by Gasteiger charge is 2.34. The van der Waals surface area contributed by atoms with Gasteiger partial charge in [-0.05, 0) is 30.7 Å². The fraction of sp³-hybridized carbons (Fsp3) is 0.136. The Hall–Kier alpha value is -3.03. The number of halogens is 2. The number of aromatic nitrogens is 1. The lowest BCUT2D eigenvalue weighted by molar-refractivity contribution is -0.136. The number of thiazole rings is 1. The molecule has 0 aliphatic carbocycles. The molecule has 1 aliphatic rings. The smallest absolute Gasteiger partial charge is 0.338 e. The summed E-state index contributed by atoms with van der Waals surface area (Å²) in [5, 5.41) is 0.405. The third kappa shape index (κ3) is 3.40. The van der Waals surface area contributed by atoms with Crippen LogP contribution in [0.15, 0.2) is 69.6 Å². The molecule has 0 unspecified atom stereocenters. The van der Waals surface area contributed by atoms with Crippen molar-refractivity contribution in [2.45, 2.75) is 13.0 Å². The Labute approximate surface area is 180 Å². The molecule has 0 radical (unpaired) electrons. The third-order valence-corrected chi connectivity index (χ3v) is 6.15. The first kappa shape index (κ1) is 20.3. The summed E-state index contributed by atoms with van der Waals surface area (Å²) in [4.78, 5) is 30.8. The summed E-state index contributed by atoms with van der Waals surface area (Å²) < 4.78 is 20.8. The van der Waals surface area contributed by atoms with Crippen molar-refractivity contribution < 1.29 is 13.9 Å². The lowest BCUT2D eigenvalue weighted by Crippen LogP contribution is -2.39. The van der Waals surface area contributed by atoms with Gasteiger partial charge < -0.3 is 4.74 Å². The minimum atomic E-state index is -0.801. The lowest BCUT2D eigenvalue weighted by atomic mass is 9.96. The van der Waals surface area contributed by atoms with E-state index in [9.17, 15) is 14.0 Å². The molecule has 0 fully saturated rings. The first-order valence-corrected chi connectivity index (χ1v) is 10.2. The molecule has 1 aliphatic heterocycles. The maximum absolute atomic E-state index is 14.1. The Morgan fingerprint density at radius 1 is 1.23 bits per heavy atom. The number of nitrogens with zero attached hydrogens (tertiary/aromatic N) is 2. The van der Waals surface area contributed by atoms with E-state index in [2.05, 4.69) is 4.99 Å². The zero-order chi connectivity index (χ0) is 21.4. The van der Waals surface area contributed by atoms with Crippen molar-refractivity contribution in [3.8, 4) is 0 Å². The van der Waals surface area contributed by atoms with Crippen molar-refractivity contribution >= 4 is 35.0 Å². The number of esters is 1. The van der Waals surface area contributed by atoms with Gasteiger partial charge in [0.1, 0.15) is 11.9 Å². The van der Waals surface area contributed by atoms with E-state index in [4.69, 9.17) is 16.3 Å². The SMILES string of the molecule is COC(=O)C1=C(C)N=c2sc(=Cc3ccccc3F)c(=O)n2[C@H]1c1ccccc1Cl. The summed E-state index contributed by atoms with van der Waals surface area (Å²) in [7, 11) is 1.27. The first-order chi connectivity index (χ1) is 14.4. The van der Waals surface area contributed by atoms with Crippen LogP contribution in [0.1, 0.15) is 24.1 Å². The minimum absolute atomic E-state index is 0.232. The molecule has 5 nitrogen and oxygen atoms in total. The summed E-state index contributed by atoms with van der Waals surface area (Å²) in [6.45, 7) is 1.68. The second-order valence-corrected chi connectivity index (χ2v) is 8.03. The summed E-state index contributed by atoms with van der Waals surface area (Å²) in [5.41, 5.74) is 1.15. The van der Waals surface area contributed by atoms with E-state index in [-0.39, 0.29) is 11.1 Å². The largest absolute Gasteiger partial charge is 0.466 e. The van der Waals surface area contributed by atoms with Crippen LogP contribution in [0.4, 0.5) is 4.39 Å². The molecule has 0 N–H and O–H groups in total. The molecular weight excluding hydrogens is 427 g/mol. The van der Waals surface area contributed by atoms with Crippen LogP contribution in [0.3, 0.4) is 0 Å². The van der Waals surface area contributed by atoms with Gasteiger partial charge in [-0.2, -0.15) is 0 Å². The van der Waals surface area contributed by atoms with Crippen LogP contribution in [-0.2, 0) is 9.53 Å². The number of methoxy groups -OCH3 is 1.